The van der Waals surface area contributed by atoms with Crippen LogP contribution in [-0.2, 0) is 11.3 Å². The molecule has 2 aromatic rings. The van der Waals surface area contributed by atoms with Crippen LogP contribution in [0, 0.1) is 31.0 Å². The SMILES string of the molecule is COc1ccc(CN2CCN(C(=O)/C(C#N)=C/c3cc(C)n(C4CC4)c3C)CC2)cc1F. The second-order valence-corrected chi connectivity index (χ2v) is 8.63. The number of benzene rings is 1. The zero-order chi connectivity index (χ0) is 22.8. The van der Waals surface area contributed by atoms with E-state index in [0.717, 1.165) is 16.8 Å². The van der Waals surface area contributed by atoms with Gasteiger partial charge < -0.3 is 14.2 Å². The van der Waals surface area contributed by atoms with E-state index in [4.69, 9.17) is 4.74 Å². The van der Waals surface area contributed by atoms with Crippen LogP contribution >= 0.6 is 0 Å². The molecule has 1 aliphatic heterocycles. The molecule has 6 nitrogen and oxygen atoms in total. The van der Waals surface area contributed by atoms with Crippen molar-refractivity contribution >= 4 is 12.0 Å². The maximum atomic E-state index is 13.9. The van der Waals surface area contributed by atoms with E-state index < -0.39 is 0 Å². The number of nitriles is 1. The molecule has 1 aliphatic carbocycles. The summed E-state index contributed by atoms with van der Waals surface area (Å²) in [5.74, 6) is -0.361. The average molecular weight is 437 g/mol. The summed E-state index contributed by atoms with van der Waals surface area (Å²) >= 11 is 0. The maximum Gasteiger partial charge on any atom is 0.264 e. The van der Waals surface area contributed by atoms with E-state index in [-0.39, 0.29) is 23.0 Å². The molecule has 1 amide bonds. The van der Waals surface area contributed by atoms with Crippen molar-refractivity contribution in [3.63, 3.8) is 0 Å². The first kappa shape index (κ1) is 22.1. The number of piperazine rings is 1. The van der Waals surface area contributed by atoms with Gasteiger partial charge in [-0.05, 0) is 62.1 Å². The van der Waals surface area contributed by atoms with Gasteiger partial charge in [0, 0.05) is 50.2 Å². The fourth-order valence-electron chi connectivity index (χ4n) is 4.49. The monoisotopic (exact) mass is 436 g/mol. The predicted molar refractivity (Wildman–Crippen MR) is 121 cm³/mol. The molecule has 2 heterocycles. The van der Waals surface area contributed by atoms with Crippen molar-refractivity contribution in [3.8, 4) is 11.8 Å². The summed E-state index contributed by atoms with van der Waals surface area (Å²) in [6, 6.07) is 9.71. The zero-order valence-electron chi connectivity index (χ0n) is 18.9. The molecule has 0 atom stereocenters. The van der Waals surface area contributed by atoms with Gasteiger partial charge in [-0.25, -0.2) is 4.39 Å². The van der Waals surface area contributed by atoms with Gasteiger partial charge in [0.25, 0.3) is 5.91 Å². The van der Waals surface area contributed by atoms with Crippen LogP contribution in [0.4, 0.5) is 4.39 Å². The molecule has 0 unspecified atom stereocenters. The van der Waals surface area contributed by atoms with Crippen molar-refractivity contribution in [2.75, 3.05) is 33.3 Å². The molecule has 1 saturated heterocycles. The van der Waals surface area contributed by atoms with Crippen molar-refractivity contribution in [2.24, 2.45) is 0 Å². The van der Waals surface area contributed by atoms with E-state index in [1.807, 2.05) is 6.07 Å². The van der Waals surface area contributed by atoms with Gasteiger partial charge >= 0.3 is 0 Å². The molecule has 7 heteroatoms. The first-order valence-electron chi connectivity index (χ1n) is 11.1. The van der Waals surface area contributed by atoms with Crippen molar-refractivity contribution < 1.29 is 13.9 Å². The highest BCUT2D eigenvalue weighted by Crippen LogP contribution is 2.38. The molecule has 4 rings (SSSR count). The number of halogens is 1. The minimum atomic E-state index is -0.372. The van der Waals surface area contributed by atoms with Crippen molar-refractivity contribution in [2.45, 2.75) is 39.3 Å². The molecular weight excluding hydrogens is 407 g/mol. The van der Waals surface area contributed by atoms with Crippen LogP contribution in [0.15, 0.2) is 29.8 Å². The van der Waals surface area contributed by atoms with Gasteiger partial charge in [-0.3, -0.25) is 9.69 Å². The Labute approximate surface area is 188 Å². The van der Waals surface area contributed by atoms with Gasteiger partial charge in [-0.15, -0.1) is 0 Å². The molecule has 1 aromatic carbocycles. The fraction of sp³-hybridized carbons (Fsp3) is 0.440. The number of ether oxygens (including phenoxy) is 1. The van der Waals surface area contributed by atoms with Crippen molar-refractivity contribution in [1.29, 1.82) is 5.26 Å². The van der Waals surface area contributed by atoms with Gasteiger partial charge in [-0.1, -0.05) is 6.07 Å². The number of amides is 1. The van der Waals surface area contributed by atoms with Gasteiger partial charge in [0.15, 0.2) is 11.6 Å². The summed E-state index contributed by atoms with van der Waals surface area (Å²) < 4.78 is 21.2. The van der Waals surface area contributed by atoms with Crippen LogP contribution in [0.25, 0.3) is 6.08 Å². The van der Waals surface area contributed by atoms with Crippen molar-refractivity contribution in [1.82, 2.24) is 14.4 Å². The van der Waals surface area contributed by atoms with E-state index in [9.17, 15) is 14.4 Å². The fourth-order valence-corrected chi connectivity index (χ4v) is 4.49. The first-order chi connectivity index (χ1) is 15.4. The highest BCUT2D eigenvalue weighted by Gasteiger charge is 2.28. The lowest BCUT2D eigenvalue weighted by molar-refractivity contribution is -0.128. The smallest absolute Gasteiger partial charge is 0.264 e. The number of nitrogens with zero attached hydrogens (tertiary/aromatic N) is 4. The number of hydrogen-bond acceptors (Lipinski definition) is 4. The summed E-state index contributed by atoms with van der Waals surface area (Å²) in [7, 11) is 1.45. The number of rotatable bonds is 6. The molecule has 2 fully saturated rings. The Morgan fingerprint density at radius 1 is 1.22 bits per heavy atom. The molecule has 2 aliphatic rings. The van der Waals surface area contributed by atoms with Crippen molar-refractivity contribution in [3.05, 3.63) is 58.2 Å². The first-order valence-corrected chi connectivity index (χ1v) is 11.1. The molecule has 168 valence electrons. The number of carbonyl (C=O) groups excluding carboxylic acids is 1. The average Bonchev–Trinajstić information content (AvgIpc) is 3.57. The standard InChI is InChI=1S/C25H29FN4O2/c1-17-12-20(18(2)30(17)22-5-6-22)14-21(15-27)25(31)29-10-8-28(9-11-29)16-19-4-7-24(32-3)23(26)13-19/h4,7,12-14,22H,5-6,8-11,16H2,1-3H3/b21-14+. The Kier molecular flexibility index (Phi) is 6.33. The molecular formula is C25H29FN4O2. The molecule has 32 heavy (non-hydrogen) atoms. The highest BCUT2D eigenvalue weighted by molar-refractivity contribution is 6.01. The number of aromatic nitrogens is 1. The number of aryl methyl sites for hydroxylation is 1. The predicted octanol–water partition coefficient (Wildman–Crippen LogP) is 3.84. The third-order valence-corrected chi connectivity index (χ3v) is 6.37. The minimum Gasteiger partial charge on any atom is -0.494 e. The van der Waals surface area contributed by atoms with E-state index in [0.29, 0.717) is 38.8 Å². The van der Waals surface area contributed by atoms with Gasteiger partial charge in [0.05, 0.1) is 7.11 Å². The summed E-state index contributed by atoms with van der Waals surface area (Å²) in [6.07, 6.45) is 4.12. The second kappa shape index (κ2) is 9.17. The second-order valence-electron chi connectivity index (χ2n) is 8.63. The number of carbonyl (C=O) groups is 1. The topological polar surface area (TPSA) is 61.5 Å². The summed E-state index contributed by atoms with van der Waals surface area (Å²) in [5.41, 5.74) is 4.27. The van der Waals surface area contributed by atoms with Crippen LogP contribution in [0.3, 0.4) is 0 Å². The number of hydrogen-bond donors (Lipinski definition) is 0. The minimum absolute atomic E-state index is 0.173. The lowest BCUT2D eigenvalue weighted by Gasteiger charge is -2.34. The lowest BCUT2D eigenvalue weighted by Crippen LogP contribution is -2.48. The van der Waals surface area contributed by atoms with Gasteiger partial charge in [0.1, 0.15) is 11.6 Å². The summed E-state index contributed by atoms with van der Waals surface area (Å²) in [4.78, 5) is 16.9. The Morgan fingerprint density at radius 2 is 1.94 bits per heavy atom. The molecule has 0 N–H and O–H groups in total. The normalized spacial score (nSPS) is 17.3. The number of methoxy groups -OCH3 is 1. The molecule has 0 radical (unpaired) electrons. The molecule has 1 aromatic heterocycles. The molecule has 0 spiro atoms. The quantitative estimate of drug-likeness (QED) is 0.510. The van der Waals surface area contributed by atoms with E-state index in [2.05, 4.69) is 35.5 Å². The molecule has 0 bridgehead atoms. The van der Waals surface area contributed by atoms with Gasteiger partial charge in [-0.2, -0.15) is 5.26 Å². The molecule has 1 saturated carbocycles. The Bertz CT molecular complexity index is 1090. The lowest BCUT2D eigenvalue weighted by atomic mass is 10.1. The zero-order valence-corrected chi connectivity index (χ0v) is 18.9. The van der Waals surface area contributed by atoms with Crippen LogP contribution in [0.2, 0.25) is 0 Å². The summed E-state index contributed by atoms with van der Waals surface area (Å²) in [6.45, 7) is 7.16. The maximum absolute atomic E-state index is 13.9. The Balaban J connectivity index is 1.39. The third kappa shape index (κ3) is 4.56. The highest BCUT2D eigenvalue weighted by atomic mass is 19.1. The van der Waals surface area contributed by atoms with Gasteiger partial charge in [0.2, 0.25) is 0 Å². The van der Waals surface area contributed by atoms with E-state index >= 15 is 0 Å². The third-order valence-electron chi connectivity index (χ3n) is 6.37. The van der Waals surface area contributed by atoms with Crippen LogP contribution < -0.4 is 4.74 Å². The summed E-state index contributed by atoms with van der Waals surface area (Å²) in [5, 5.41) is 9.66. The van der Waals surface area contributed by atoms with E-state index in [1.165, 1.54) is 31.7 Å². The Morgan fingerprint density at radius 3 is 2.53 bits per heavy atom. The van der Waals surface area contributed by atoms with E-state index in [1.54, 1.807) is 17.0 Å². The Hall–Kier alpha value is -3.11. The largest absolute Gasteiger partial charge is 0.494 e. The van der Waals surface area contributed by atoms with Crippen LogP contribution in [0.1, 0.15) is 41.4 Å². The van der Waals surface area contributed by atoms with Crippen LogP contribution in [0.5, 0.6) is 5.75 Å². The van der Waals surface area contributed by atoms with Crippen LogP contribution in [-0.4, -0.2) is 53.6 Å².